The monoisotopic (exact) mass is 225 g/mol. The summed E-state index contributed by atoms with van der Waals surface area (Å²) in [4.78, 5) is 0. The topological polar surface area (TPSA) is 66.5 Å². The van der Waals surface area contributed by atoms with E-state index in [1.54, 1.807) is 18.2 Å². The molecule has 0 fully saturated rings. The van der Waals surface area contributed by atoms with Gasteiger partial charge in [-0.3, -0.25) is 0 Å². The van der Waals surface area contributed by atoms with Crippen LogP contribution in [-0.4, -0.2) is 29.0 Å². The molecule has 4 heteroatoms. The Kier molecular flexibility index (Phi) is 5.11. The number of hydrogen-bond acceptors (Lipinski definition) is 3. The Morgan fingerprint density at radius 3 is 2.44 bits per heavy atom. The largest absolute Gasteiger partial charge is 0.394 e. The second kappa shape index (κ2) is 6.37. The molecule has 0 saturated carbocycles. The van der Waals surface area contributed by atoms with E-state index in [1.807, 2.05) is 0 Å². The van der Waals surface area contributed by atoms with Crippen molar-refractivity contribution < 1.29 is 14.6 Å². The van der Waals surface area contributed by atoms with Gasteiger partial charge in [0.2, 0.25) is 0 Å². The normalized spacial score (nSPS) is 15.2. The zero-order chi connectivity index (χ0) is 12.0. The van der Waals surface area contributed by atoms with Gasteiger partial charge in [0.05, 0.1) is 12.7 Å². The first-order chi connectivity index (χ1) is 7.61. The number of aliphatic hydroxyl groups excluding tert-OH is 2. The van der Waals surface area contributed by atoms with Crippen LogP contribution in [0.2, 0.25) is 0 Å². The molecule has 0 heterocycles. The molecule has 0 radical (unpaired) electrons. The second-order valence-electron chi connectivity index (χ2n) is 3.63. The maximum absolute atomic E-state index is 12.6. The fourth-order valence-corrected chi connectivity index (χ4v) is 1.26. The molecule has 88 valence electrons. The first-order valence-electron chi connectivity index (χ1n) is 5.09. The summed E-state index contributed by atoms with van der Waals surface area (Å²) in [6.07, 6.45) is 2.80. The number of hydrogen-bond donors (Lipinski definition) is 3. The molecule has 2 atom stereocenters. The van der Waals surface area contributed by atoms with Crippen molar-refractivity contribution in [1.82, 2.24) is 0 Å². The van der Waals surface area contributed by atoms with Gasteiger partial charge >= 0.3 is 0 Å². The van der Waals surface area contributed by atoms with Gasteiger partial charge in [-0.1, -0.05) is 24.3 Å². The number of halogens is 1. The van der Waals surface area contributed by atoms with Crippen LogP contribution in [0, 0.1) is 5.82 Å². The first kappa shape index (κ1) is 12.8. The second-order valence-corrected chi connectivity index (χ2v) is 3.63. The standard InChI is InChI=1S/C12H16FNO2/c13-10-3-1-9(2-4-10)7-12(16)6-5-11(14)8-15/h1-6,11-12,15-16H,7-8,14H2/b6-5+/t11-,12+/m0/s1. The van der Waals surface area contributed by atoms with Crippen LogP contribution in [0.25, 0.3) is 0 Å². The molecule has 0 unspecified atom stereocenters. The van der Waals surface area contributed by atoms with Crippen molar-refractivity contribution in [3.05, 3.63) is 47.8 Å². The lowest BCUT2D eigenvalue weighted by molar-refractivity contribution is 0.222. The number of nitrogens with two attached hydrogens (primary N) is 1. The molecular weight excluding hydrogens is 209 g/mol. The summed E-state index contributed by atoms with van der Waals surface area (Å²) in [5.74, 6) is -0.295. The van der Waals surface area contributed by atoms with Gasteiger partial charge in [-0.2, -0.15) is 0 Å². The van der Waals surface area contributed by atoms with Crippen molar-refractivity contribution in [3.63, 3.8) is 0 Å². The number of benzene rings is 1. The lowest BCUT2D eigenvalue weighted by Crippen LogP contribution is -2.22. The van der Waals surface area contributed by atoms with E-state index in [-0.39, 0.29) is 12.4 Å². The highest BCUT2D eigenvalue weighted by molar-refractivity contribution is 5.18. The van der Waals surface area contributed by atoms with Gasteiger partial charge in [0.25, 0.3) is 0 Å². The fraction of sp³-hybridized carbons (Fsp3) is 0.333. The summed E-state index contributed by atoms with van der Waals surface area (Å²) < 4.78 is 12.6. The molecule has 0 spiro atoms. The molecule has 0 aliphatic carbocycles. The molecule has 0 aliphatic rings. The van der Waals surface area contributed by atoms with Gasteiger partial charge in [0, 0.05) is 12.5 Å². The molecule has 3 nitrogen and oxygen atoms in total. The van der Waals surface area contributed by atoms with Crippen molar-refractivity contribution in [1.29, 1.82) is 0 Å². The van der Waals surface area contributed by atoms with E-state index in [1.165, 1.54) is 18.2 Å². The summed E-state index contributed by atoms with van der Waals surface area (Å²) in [7, 11) is 0. The molecule has 16 heavy (non-hydrogen) atoms. The van der Waals surface area contributed by atoms with Crippen LogP contribution in [0.5, 0.6) is 0 Å². The molecule has 4 N–H and O–H groups in total. The average Bonchev–Trinajstić information content (AvgIpc) is 2.29. The Bertz CT molecular complexity index is 337. The van der Waals surface area contributed by atoms with Gasteiger partial charge in [-0.25, -0.2) is 4.39 Å². The van der Waals surface area contributed by atoms with E-state index in [0.29, 0.717) is 6.42 Å². The molecule has 1 aromatic carbocycles. The van der Waals surface area contributed by atoms with Crippen molar-refractivity contribution in [2.75, 3.05) is 6.61 Å². The van der Waals surface area contributed by atoms with E-state index in [9.17, 15) is 9.50 Å². The average molecular weight is 225 g/mol. The minimum absolute atomic E-state index is 0.153. The smallest absolute Gasteiger partial charge is 0.123 e. The van der Waals surface area contributed by atoms with E-state index < -0.39 is 12.1 Å². The number of aliphatic hydroxyl groups is 2. The zero-order valence-electron chi connectivity index (χ0n) is 8.88. The third-order valence-electron chi connectivity index (χ3n) is 2.15. The van der Waals surface area contributed by atoms with E-state index in [4.69, 9.17) is 10.8 Å². The molecule has 0 bridgehead atoms. The Balaban J connectivity index is 2.48. The lowest BCUT2D eigenvalue weighted by Gasteiger charge is -2.07. The Labute approximate surface area is 94.0 Å². The highest BCUT2D eigenvalue weighted by atomic mass is 19.1. The van der Waals surface area contributed by atoms with Crippen molar-refractivity contribution in [2.24, 2.45) is 5.73 Å². The molecule has 0 aliphatic heterocycles. The predicted molar refractivity (Wildman–Crippen MR) is 60.3 cm³/mol. The molecule has 1 aromatic rings. The van der Waals surface area contributed by atoms with Crippen molar-refractivity contribution in [2.45, 2.75) is 18.6 Å². The van der Waals surface area contributed by atoms with Crippen LogP contribution in [0.15, 0.2) is 36.4 Å². The Morgan fingerprint density at radius 1 is 1.25 bits per heavy atom. The minimum Gasteiger partial charge on any atom is -0.394 e. The van der Waals surface area contributed by atoms with Crippen LogP contribution >= 0.6 is 0 Å². The lowest BCUT2D eigenvalue weighted by atomic mass is 10.1. The molecule has 0 aromatic heterocycles. The van der Waals surface area contributed by atoms with E-state index >= 15 is 0 Å². The summed E-state index contributed by atoms with van der Waals surface area (Å²) in [5.41, 5.74) is 6.28. The summed E-state index contributed by atoms with van der Waals surface area (Å²) in [5, 5.41) is 18.3. The summed E-state index contributed by atoms with van der Waals surface area (Å²) in [6.45, 7) is -0.153. The molecule has 0 saturated heterocycles. The number of rotatable bonds is 5. The highest BCUT2D eigenvalue weighted by Crippen LogP contribution is 2.06. The maximum atomic E-state index is 12.6. The van der Waals surface area contributed by atoms with Crippen LogP contribution in [0.4, 0.5) is 4.39 Å². The van der Waals surface area contributed by atoms with Crippen LogP contribution in [0.1, 0.15) is 5.56 Å². The van der Waals surface area contributed by atoms with Gasteiger partial charge in [0.1, 0.15) is 5.82 Å². The van der Waals surface area contributed by atoms with E-state index in [0.717, 1.165) is 5.56 Å². The van der Waals surface area contributed by atoms with E-state index in [2.05, 4.69) is 0 Å². The quantitative estimate of drug-likeness (QED) is 0.643. The van der Waals surface area contributed by atoms with Gasteiger partial charge in [-0.05, 0) is 17.7 Å². The molecule has 1 rings (SSSR count). The van der Waals surface area contributed by atoms with Gasteiger partial charge in [0.15, 0.2) is 0 Å². The Morgan fingerprint density at radius 2 is 1.88 bits per heavy atom. The van der Waals surface area contributed by atoms with Gasteiger partial charge < -0.3 is 15.9 Å². The van der Waals surface area contributed by atoms with Crippen molar-refractivity contribution in [3.8, 4) is 0 Å². The third-order valence-corrected chi connectivity index (χ3v) is 2.15. The Hall–Kier alpha value is -1.23. The van der Waals surface area contributed by atoms with Crippen LogP contribution in [0.3, 0.4) is 0 Å². The maximum Gasteiger partial charge on any atom is 0.123 e. The van der Waals surface area contributed by atoms with Gasteiger partial charge in [-0.15, -0.1) is 0 Å². The fourth-order valence-electron chi connectivity index (χ4n) is 1.26. The van der Waals surface area contributed by atoms with Crippen LogP contribution < -0.4 is 5.73 Å². The predicted octanol–water partition coefficient (Wildman–Crippen LogP) is 0.605. The highest BCUT2D eigenvalue weighted by Gasteiger charge is 2.02. The zero-order valence-corrected chi connectivity index (χ0v) is 8.88. The minimum atomic E-state index is -0.678. The SMILES string of the molecule is N[C@@H](/C=C/[C@@H](O)Cc1ccc(F)cc1)CO. The summed E-state index contributed by atoms with van der Waals surface area (Å²) in [6, 6.07) is 5.50. The first-order valence-corrected chi connectivity index (χ1v) is 5.09. The van der Waals surface area contributed by atoms with Crippen LogP contribution in [-0.2, 0) is 6.42 Å². The van der Waals surface area contributed by atoms with Crippen molar-refractivity contribution >= 4 is 0 Å². The third kappa shape index (κ3) is 4.53. The molecular formula is C12H16FNO2. The molecule has 0 amide bonds. The summed E-state index contributed by atoms with van der Waals surface area (Å²) >= 11 is 0.